The maximum atomic E-state index is 12.3. The first-order valence-corrected chi connectivity index (χ1v) is 10.6. The molecule has 1 saturated heterocycles. The zero-order chi connectivity index (χ0) is 19.4. The van der Waals surface area contributed by atoms with Crippen LogP contribution in [-0.4, -0.2) is 33.6 Å². The molecule has 6 nitrogen and oxygen atoms in total. The Morgan fingerprint density at radius 2 is 1.78 bits per heavy atom. The van der Waals surface area contributed by atoms with Crippen molar-refractivity contribution in [2.75, 3.05) is 18.5 Å². The molecule has 0 aliphatic carbocycles. The third-order valence-corrected chi connectivity index (χ3v) is 5.95. The highest BCUT2D eigenvalue weighted by Gasteiger charge is 2.20. The SMILES string of the molecule is O=C(Nc1ccc(S(=O)(=O)NCC2CCCO2)cc1)c1cc(Cl)cc(Cl)c1. The lowest BCUT2D eigenvalue weighted by Gasteiger charge is -2.12. The lowest BCUT2D eigenvalue weighted by Crippen LogP contribution is -2.31. The maximum absolute atomic E-state index is 12.3. The van der Waals surface area contributed by atoms with E-state index >= 15 is 0 Å². The second-order valence-corrected chi connectivity index (χ2v) is 8.76. The summed E-state index contributed by atoms with van der Waals surface area (Å²) in [7, 11) is -3.63. The Labute approximate surface area is 167 Å². The molecule has 0 aromatic heterocycles. The van der Waals surface area contributed by atoms with Crippen molar-refractivity contribution in [3.05, 3.63) is 58.1 Å². The summed E-state index contributed by atoms with van der Waals surface area (Å²) in [5.41, 5.74) is 0.761. The second-order valence-electron chi connectivity index (χ2n) is 6.12. The number of rotatable bonds is 6. The number of carbonyl (C=O) groups is 1. The van der Waals surface area contributed by atoms with Crippen molar-refractivity contribution in [2.24, 2.45) is 0 Å². The van der Waals surface area contributed by atoms with Crippen molar-refractivity contribution in [2.45, 2.75) is 23.8 Å². The molecule has 2 aromatic rings. The minimum atomic E-state index is -3.63. The van der Waals surface area contributed by atoms with Gasteiger partial charge in [0.25, 0.3) is 5.91 Å². The van der Waals surface area contributed by atoms with E-state index in [2.05, 4.69) is 10.0 Å². The zero-order valence-corrected chi connectivity index (χ0v) is 16.6. The average Bonchev–Trinajstić information content (AvgIpc) is 3.13. The molecule has 1 amide bonds. The first-order chi connectivity index (χ1) is 12.8. The van der Waals surface area contributed by atoms with Crippen LogP contribution in [0.2, 0.25) is 10.0 Å². The molecule has 0 radical (unpaired) electrons. The third-order valence-electron chi connectivity index (χ3n) is 4.07. The summed E-state index contributed by atoms with van der Waals surface area (Å²) < 4.78 is 32.6. The van der Waals surface area contributed by atoms with Crippen molar-refractivity contribution in [1.82, 2.24) is 4.72 Å². The molecule has 9 heteroatoms. The summed E-state index contributed by atoms with van der Waals surface area (Å²) in [6.07, 6.45) is 1.71. The van der Waals surface area contributed by atoms with Gasteiger partial charge in [-0.3, -0.25) is 4.79 Å². The van der Waals surface area contributed by atoms with E-state index in [4.69, 9.17) is 27.9 Å². The van der Waals surface area contributed by atoms with Crippen LogP contribution < -0.4 is 10.0 Å². The standard InChI is InChI=1S/C18H18Cl2N2O4S/c19-13-8-12(9-14(20)10-13)18(23)22-15-3-5-17(6-4-15)27(24,25)21-11-16-2-1-7-26-16/h3-6,8-10,16,21H,1-2,7,11H2,(H,22,23). The topological polar surface area (TPSA) is 84.5 Å². The monoisotopic (exact) mass is 428 g/mol. The Morgan fingerprint density at radius 3 is 2.37 bits per heavy atom. The van der Waals surface area contributed by atoms with Crippen LogP contribution in [0.4, 0.5) is 5.69 Å². The fourth-order valence-corrected chi connectivity index (χ4v) is 4.29. The van der Waals surface area contributed by atoms with Gasteiger partial charge in [-0.1, -0.05) is 23.2 Å². The number of hydrogen-bond donors (Lipinski definition) is 2. The largest absolute Gasteiger partial charge is 0.377 e. The number of nitrogens with one attached hydrogen (secondary N) is 2. The van der Waals surface area contributed by atoms with Crippen molar-refractivity contribution in [1.29, 1.82) is 0 Å². The second kappa shape index (κ2) is 8.58. The van der Waals surface area contributed by atoms with Gasteiger partial charge in [-0.2, -0.15) is 0 Å². The fourth-order valence-electron chi connectivity index (χ4n) is 2.70. The van der Waals surface area contributed by atoms with E-state index in [1.807, 2.05) is 0 Å². The molecule has 3 rings (SSSR count). The van der Waals surface area contributed by atoms with E-state index in [-0.39, 0.29) is 17.5 Å². The van der Waals surface area contributed by atoms with E-state index in [1.165, 1.54) is 42.5 Å². The van der Waals surface area contributed by atoms with Gasteiger partial charge < -0.3 is 10.1 Å². The molecule has 1 aliphatic heterocycles. The molecule has 144 valence electrons. The number of hydrogen-bond acceptors (Lipinski definition) is 4. The van der Waals surface area contributed by atoms with Crippen molar-refractivity contribution < 1.29 is 17.9 Å². The fraction of sp³-hybridized carbons (Fsp3) is 0.278. The summed E-state index contributed by atoms with van der Waals surface area (Å²) in [5.74, 6) is -0.397. The Kier molecular flexibility index (Phi) is 6.39. The molecule has 2 N–H and O–H groups in total. The highest BCUT2D eigenvalue weighted by atomic mass is 35.5. The van der Waals surface area contributed by atoms with Gasteiger partial charge in [0.05, 0.1) is 11.0 Å². The Morgan fingerprint density at radius 1 is 1.11 bits per heavy atom. The Hall–Kier alpha value is -1.64. The van der Waals surface area contributed by atoms with Gasteiger partial charge in [0, 0.05) is 34.4 Å². The number of ether oxygens (including phenoxy) is 1. The summed E-state index contributed by atoms with van der Waals surface area (Å²) >= 11 is 11.8. The van der Waals surface area contributed by atoms with Crippen LogP contribution in [0.3, 0.4) is 0 Å². The molecule has 27 heavy (non-hydrogen) atoms. The first-order valence-electron chi connectivity index (χ1n) is 8.32. The molecular formula is C18H18Cl2N2O4S. The first kappa shape index (κ1) is 20.1. The van der Waals surface area contributed by atoms with E-state index in [0.717, 1.165) is 12.8 Å². The smallest absolute Gasteiger partial charge is 0.255 e. The molecule has 1 aliphatic rings. The number of benzene rings is 2. The summed E-state index contributed by atoms with van der Waals surface area (Å²) in [6.45, 7) is 0.912. The Bertz CT molecular complexity index is 907. The number of sulfonamides is 1. The normalized spacial score (nSPS) is 17.0. The van der Waals surface area contributed by atoms with Gasteiger partial charge in [-0.25, -0.2) is 13.1 Å². The van der Waals surface area contributed by atoms with Gasteiger partial charge in [-0.05, 0) is 55.3 Å². The maximum Gasteiger partial charge on any atom is 0.255 e. The number of halogens is 2. The lowest BCUT2D eigenvalue weighted by molar-refractivity contribution is 0.102. The molecular weight excluding hydrogens is 411 g/mol. The van der Waals surface area contributed by atoms with E-state index in [9.17, 15) is 13.2 Å². The van der Waals surface area contributed by atoms with Crippen LogP contribution in [0.1, 0.15) is 23.2 Å². The highest BCUT2D eigenvalue weighted by Crippen LogP contribution is 2.21. The molecule has 1 unspecified atom stereocenters. The predicted molar refractivity (Wildman–Crippen MR) is 105 cm³/mol. The molecule has 0 bridgehead atoms. The number of carbonyl (C=O) groups excluding carboxylic acids is 1. The predicted octanol–water partition coefficient (Wildman–Crippen LogP) is 3.70. The van der Waals surface area contributed by atoms with Crippen LogP contribution in [0.15, 0.2) is 47.4 Å². The van der Waals surface area contributed by atoms with Crippen LogP contribution >= 0.6 is 23.2 Å². The number of anilines is 1. The minimum Gasteiger partial charge on any atom is -0.377 e. The zero-order valence-electron chi connectivity index (χ0n) is 14.2. The van der Waals surface area contributed by atoms with Crippen molar-refractivity contribution in [3.63, 3.8) is 0 Å². The van der Waals surface area contributed by atoms with Crippen LogP contribution in [0.25, 0.3) is 0 Å². The van der Waals surface area contributed by atoms with Crippen LogP contribution in [-0.2, 0) is 14.8 Å². The molecule has 1 heterocycles. The molecule has 1 atom stereocenters. The lowest BCUT2D eigenvalue weighted by atomic mass is 10.2. The highest BCUT2D eigenvalue weighted by molar-refractivity contribution is 7.89. The summed E-state index contributed by atoms with van der Waals surface area (Å²) in [4.78, 5) is 12.4. The van der Waals surface area contributed by atoms with E-state index < -0.39 is 15.9 Å². The summed E-state index contributed by atoms with van der Waals surface area (Å²) in [6, 6.07) is 10.4. The van der Waals surface area contributed by atoms with Gasteiger partial charge in [0.2, 0.25) is 10.0 Å². The summed E-state index contributed by atoms with van der Waals surface area (Å²) in [5, 5.41) is 3.38. The molecule has 1 fully saturated rings. The van der Waals surface area contributed by atoms with Crippen LogP contribution in [0, 0.1) is 0 Å². The van der Waals surface area contributed by atoms with E-state index in [1.54, 1.807) is 0 Å². The average molecular weight is 429 g/mol. The van der Waals surface area contributed by atoms with E-state index in [0.29, 0.717) is 27.9 Å². The van der Waals surface area contributed by atoms with Crippen LogP contribution in [0.5, 0.6) is 0 Å². The molecule has 0 spiro atoms. The van der Waals surface area contributed by atoms with Gasteiger partial charge in [0.1, 0.15) is 0 Å². The van der Waals surface area contributed by atoms with Gasteiger partial charge >= 0.3 is 0 Å². The Balaban J connectivity index is 1.64. The molecule has 2 aromatic carbocycles. The third kappa shape index (κ3) is 5.43. The van der Waals surface area contributed by atoms with Gasteiger partial charge in [-0.15, -0.1) is 0 Å². The van der Waals surface area contributed by atoms with Crippen molar-refractivity contribution >= 4 is 44.8 Å². The number of amides is 1. The minimum absolute atomic E-state index is 0.0807. The van der Waals surface area contributed by atoms with Crippen molar-refractivity contribution in [3.8, 4) is 0 Å². The molecule has 0 saturated carbocycles. The quantitative estimate of drug-likeness (QED) is 0.734. The van der Waals surface area contributed by atoms with Gasteiger partial charge in [0.15, 0.2) is 0 Å².